The molecule has 0 bridgehead atoms. The number of ether oxygens (including phenoxy) is 1. The Morgan fingerprint density at radius 1 is 1.24 bits per heavy atom. The zero-order valence-electron chi connectivity index (χ0n) is 11.5. The number of nitrogens with zero attached hydrogens (tertiary/aromatic N) is 1. The maximum absolute atomic E-state index is 11.3. The van der Waals surface area contributed by atoms with Crippen LogP contribution >= 0.6 is 0 Å². The second kappa shape index (κ2) is 6.86. The number of non-ortho nitro benzene ring substituents is 1. The highest BCUT2D eigenvalue weighted by atomic mass is 32.2. The second-order valence-electron chi connectivity index (χ2n) is 4.98. The highest BCUT2D eigenvalue weighted by molar-refractivity contribution is 7.91. The number of sulfone groups is 1. The SMILES string of the molecule is O=[N+]([O-])c1ccc(OCCNC2CCS(=O)(=O)CC2)cc1. The fraction of sp³-hybridized carbons (Fsp3) is 0.538. The Morgan fingerprint density at radius 3 is 2.43 bits per heavy atom. The molecule has 1 N–H and O–H groups in total. The van der Waals surface area contributed by atoms with Crippen LogP contribution in [0.4, 0.5) is 5.69 Å². The molecule has 1 aliphatic rings. The fourth-order valence-corrected chi connectivity index (χ4v) is 3.68. The topological polar surface area (TPSA) is 98.5 Å². The average molecular weight is 314 g/mol. The van der Waals surface area contributed by atoms with E-state index < -0.39 is 14.8 Å². The van der Waals surface area contributed by atoms with E-state index in [2.05, 4.69) is 5.32 Å². The van der Waals surface area contributed by atoms with Crippen molar-refractivity contribution >= 4 is 15.5 Å². The largest absolute Gasteiger partial charge is 0.492 e. The molecule has 0 aromatic heterocycles. The quantitative estimate of drug-likeness (QED) is 0.480. The highest BCUT2D eigenvalue weighted by Crippen LogP contribution is 2.17. The second-order valence-corrected chi connectivity index (χ2v) is 7.28. The van der Waals surface area contributed by atoms with Gasteiger partial charge in [-0.2, -0.15) is 0 Å². The van der Waals surface area contributed by atoms with Crippen molar-refractivity contribution in [2.24, 2.45) is 0 Å². The number of nitro benzene ring substituents is 1. The van der Waals surface area contributed by atoms with Crippen molar-refractivity contribution < 1.29 is 18.1 Å². The van der Waals surface area contributed by atoms with Gasteiger partial charge in [0.25, 0.3) is 5.69 Å². The zero-order valence-corrected chi connectivity index (χ0v) is 12.3. The monoisotopic (exact) mass is 314 g/mol. The van der Waals surface area contributed by atoms with E-state index in [9.17, 15) is 18.5 Å². The van der Waals surface area contributed by atoms with Crippen LogP contribution in [0.25, 0.3) is 0 Å². The van der Waals surface area contributed by atoms with Crippen molar-refractivity contribution in [1.82, 2.24) is 5.32 Å². The third-order valence-electron chi connectivity index (χ3n) is 3.41. The molecule has 0 unspecified atom stereocenters. The molecule has 1 aromatic rings. The normalized spacial score (nSPS) is 18.3. The number of benzene rings is 1. The molecule has 2 rings (SSSR count). The summed E-state index contributed by atoms with van der Waals surface area (Å²) >= 11 is 0. The molecule has 0 spiro atoms. The van der Waals surface area contributed by atoms with Gasteiger partial charge in [-0.1, -0.05) is 0 Å². The van der Waals surface area contributed by atoms with Crippen LogP contribution in [0.1, 0.15) is 12.8 Å². The molecule has 0 aliphatic carbocycles. The Hall–Kier alpha value is -1.67. The molecule has 116 valence electrons. The first kappa shape index (κ1) is 15.7. The number of nitrogens with one attached hydrogen (secondary N) is 1. The third kappa shape index (κ3) is 4.98. The van der Waals surface area contributed by atoms with Gasteiger partial charge in [-0.05, 0) is 25.0 Å². The molecule has 0 radical (unpaired) electrons. The Kier molecular flexibility index (Phi) is 5.13. The van der Waals surface area contributed by atoms with E-state index in [4.69, 9.17) is 4.74 Å². The van der Waals surface area contributed by atoms with E-state index in [1.807, 2.05) is 0 Å². The van der Waals surface area contributed by atoms with Gasteiger partial charge in [-0.25, -0.2) is 8.42 Å². The Bertz CT molecular complexity index is 571. The predicted molar refractivity (Wildman–Crippen MR) is 78.3 cm³/mol. The Labute approximate surface area is 123 Å². The van der Waals surface area contributed by atoms with Crippen LogP contribution in [0.2, 0.25) is 0 Å². The molecular formula is C13H18N2O5S. The average Bonchev–Trinajstić information content (AvgIpc) is 2.45. The van der Waals surface area contributed by atoms with Crippen LogP contribution in [0.5, 0.6) is 5.75 Å². The molecule has 0 atom stereocenters. The van der Waals surface area contributed by atoms with Gasteiger partial charge in [-0.3, -0.25) is 10.1 Å². The van der Waals surface area contributed by atoms with Gasteiger partial charge in [0.2, 0.25) is 0 Å². The van der Waals surface area contributed by atoms with E-state index in [0.29, 0.717) is 31.7 Å². The summed E-state index contributed by atoms with van der Waals surface area (Å²) in [6, 6.07) is 6.13. The number of hydrogen-bond donors (Lipinski definition) is 1. The third-order valence-corrected chi connectivity index (χ3v) is 5.12. The van der Waals surface area contributed by atoms with Crippen LogP contribution in [0.3, 0.4) is 0 Å². The minimum atomic E-state index is -2.83. The zero-order chi connectivity index (χ0) is 15.3. The summed E-state index contributed by atoms with van der Waals surface area (Å²) in [7, 11) is -2.83. The molecular weight excluding hydrogens is 296 g/mol. The van der Waals surface area contributed by atoms with Crippen molar-refractivity contribution in [3.05, 3.63) is 34.4 Å². The van der Waals surface area contributed by atoms with Gasteiger partial charge in [0.1, 0.15) is 22.2 Å². The van der Waals surface area contributed by atoms with E-state index in [1.54, 1.807) is 12.1 Å². The summed E-state index contributed by atoms with van der Waals surface area (Å²) in [5, 5.41) is 13.8. The van der Waals surface area contributed by atoms with Gasteiger partial charge < -0.3 is 10.1 Å². The molecule has 1 aromatic carbocycles. The summed E-state index contributed by atoms with van der Waals surface area (Å²) in [4.78, 5) is 10.0. The van der Waals surface area contributed by atoms with Gasteiger partial charge >= 0.3 is 0 Å². The predicted octanol–water partition coefficient (Wildman–Crippen LogP) is 1.14. The van der Waals surface area contributed by atoms with Crippen LogP contribution in [0, 0.1) is 10.1 Å². The number of hydrogen-bond acceptors (Lipinski definition) is 6. The maximum Gasteiger partial charge on any atom is 0.269 e. The van der Waals surface area contributed by atoms with Gasteiger partial charge in [0.15, 0.2) is 0 Å². The van der Waals surface area contributed by atoms with Crippen LogP contribution in [-0.2, 0) is 9.84 Å². The summed E-state index contributed by atoms with van der Waals surface area (Å²) < 4.78 is 28.0. The van der Waals surface area contributed by atoms with E-state index in [0.717, 1.165) is 0 Å². The van der Waals surface area contributed by atoms with Crippen LogP contribution < -0.4 is 10.1 Å². The molecule has 1 heterocycles. The summed E-state index contributed by atoms with van der Waals surface area (Å²) in [5.41, 5.74) is 0.0314. The van der Waals surface area contributed by atoms with Crippen molar-refractivity contribution in [2.45, 2.75) is 18.9 Å². The van der Waals surface area contributed by atoms with E-state index >= 15 is 0 Å². The molecule has 21 heavy (non-hydrogen) atoms. The highest BCUT2D eigenvalue weighted by Gasteiger charge is 2.22. The van der Waals surface area contributed by atoms with Gasteiger partial charge in [-0.15, -0.1) is 0 Å². The van der Waals surface area contributed by atoms with Crippen molar-refractivity contribution in [1.29, 1.82) is 0 Å². The summed E-state index contributed by atoms with van der Waals surface area (Å²) in [5.74, 6) is 1.07. The molecule has 1 saturated heterocycles. The van der Waals surface area contributed by atoms with Gasteiger partial charge in [0.05, 0.1) is 16.4 Å². The maximum atomic E-state index is 11.3. The number of nitro groups is 1. The fourth-order valence-electron chi connectivity index (χ4n) is 2.19. The van der Waals surface area contributed by atoms with Crippen molar-refractivity contribution in [3.63, 3.8) is 0 Å². The van der Waals surface area contributed by atoms with E-state index in [-0.39, 0.29) is 23.2 Å². The molecule has 7 nitrogen and oxygen atoms in total. The summed E-state index contributed by atoms with van der Waals surface area (Å²) in [6.45, 7) is 1.04. The molecule has 0 saturated carbocycles. The molecule has 1 aliphatic heterocycles. The standard InChI is InChI=1S/C13H18N2O5S/c16-15(17)12-1-3-13(4-2-12)20-8-7-14-11-5-9-21(18,19)10-6-11/h1-4,11,14H,5-10H2. The first-order chi connectivity index (χ1) is 9.96. The lowest BCUT2D eigenvalue weighted by Gasteiger charge is -2.23. The first-order valence-electron chi connectivity index (χ1n) is 6.77. The summed E-state index contributed by atoms with van der Waals surface area (Å²) in [6.07, 6.45) is 1.28. The molecule has 0 amide bonds. The minimum absolute atomic E-state index is 0.0314. The lowest BCUT2D eigenvalue weighted by Crippen LogP contribution is -2.39. The molecule has 8 heteroatoms. The first-order valence-corrected chi connectivity index (χ1v) is 8.59. The van der Waals surface area contributed by atoms with Crippen molar-refractivity contribution in [2.75, 3.05) is 24.7 Å². The van der Waals surface area contributed by atoms with Gasteiger partial charge in [0, 0.05) is 24.7 Å². The number of rotatable bonds is 6. The Morgan fingerprint density at radius 2 is 1.86 bits per heavy atom. The lowest BCUT2D eigenvalue weighted by atomic mass is 10.1. The smallest absolute Gasteiger partial charge is 0.269 e. The Balaban J connectivity index is 1.67. The van der Waals surface area contributed by atoms with Crippen molar-refractivity contribution in [3.8, 4) is 5.75 Å². The van der Waals surface area contributed by atoms with Crippen LogP contribution in [0.15, 0.2) is 24.3 Å². The minimum Gasteiger partial charge on any atom is -0.492 e. The van der Waals surface area contributed by atoms with E-state index in [1.165, 1.54) is 12.1 Å². The van der Waals surface area contributed by atoms with Crippen LogP contribution in [-0.4, -0.2) is 44.0 Å². The lowest BCUT2D eigenvalue weighted by molar-refractivity contribution is -0.384. The molecule has 1 fully saturated rings.